The number of unbranched alkanes of at least 4 members (excludes halogenated alkanes) is 1. The third kappa shape index (κ3) is 1.57. The van der Waals surface area contributed by atoms with Gasteiger partial charge >= 0.3 is 0 Å². The Labute approximate surface area is 103 Å². The number of fused-ring (bicyclic) bond motifs is 3. The minimum Gasteiger partial charge on any atom is -0.313 e. The number of pyridine rings is 1. The van der Waals surface area contributed by atoms with Crippen molar-refractivity contribution in [2.24, 2.45) is 0 Å². The smallest absolute Gasteiger partial charge is 0.280 e. The number of aromatic nitrogens is 5. The molecule has 0 radical (unpaired) electrons. The Morgan fingerprint density at radius 3 is 3.00 bits per heavy atom. The lowest BCUT2D eigenvalue weighted by molar-refractivity contribution is 0.615. The van der Waals surface area contributed by atoms with Crippen LogP contribution in [0.2, 0.25) is 0 Å². The monoisotopic (exact) mass is 243 g/mol. The molecule has 0 fully saturated rings. The zero-order valence-electron chi connectivity index (χ0n) is 10.1. The van der Waals surface area contributed by atoms with E-state index < -0.39 is 0 Å². The molecule has 0 aliphatic rings. The third-order valence-corrected chi connectivity index (χ3v) is 2.97. The molecule has 0 spiro atoms. The highest BCUT2D eigenvalue weighted by atomic mass is 16.1. The fraction of sp³-hybridized carbons (Fsp3) is 0.333. The van der Waals surface area contributed by atoms with Gasteiger partial charge in [0, 0.05) is 18.8 Å². The highest BCUT2D eigenvalue weighted by Gasteiger charge is 2.08. The van der Waals surface area contributed by atoms with Crippen LogP contribution in [0.25, 0.3) is 16.7 Å². The van der Waals surface area contributed by atoms with Crippen molar-refractivity contribution in [1.29, 1.82) is 0 Å². The molecule has 0 aliphatic heterocycles. The maximum Gasteiger partial charge on any atom is 0.280 e. The van der Waals surface area contributed by atoms with E-state index in [2.05, 4.69) is 22.2 Å². The molecule has 3 rings (SSSR count). The van der Waals surface area contributed by atoms with E-state index in [0.717, 1.165) is 12.8 Å². The average Bonchev–Trinajstić information content (AvgIpc) is 2.86. The predicted molar refractivity (Wildman–Crippen MR) is 67.5 cm³/mol. The van der Waals surface area contributed by atoms with Crippen LogP contribution in [0.4, 0.5) is 0 Å². The molecule has 0 bridgehead atoms. The van der Waals surface area contributed by atoms with Crippen molar-refractivity contribution in [3.8, 4) is 0 Å². The molecule has 3 aromatic rings. The van der Waals surface area contributed by atoms with Crippen molar-refractivity contribution >= 4 is 16.7 Å². The highest BCUT2D eigenvalue weighted by Crippen LogP contribution is 2.08. The summed E-state index contributed by atoms with van der Waals surface area (Å²) in [4.78, 5) is 12.2. The summed E-state index contributed by atoms with van der Waals surface area (Å²) in [5.41, 5.74) is 1.60. The van der Waals surface area contributed by atoms with Crippen LogP contribution in [0.3, 0.4) is 0 Å². The number of hydrogen-bond acceptors (Lipinski definition) is 4. The molecule has 6 heteroatoms. The SMILES string of the molecule is CCCCn1ccc2c(nnc3ccnn32)c1=O. The lowest BCUT2D eigenvalue weighted by Gasteiger charge is -2.05. The Hall–Kier alpha value is -2.24. The summed E-state index contributed by atoms with van der Waals surface area (Å²) in [6.45, 7) is 2.81. The Morgan fingerprint density at radius 1 is 1.28 bits per heavy atom. The fourth-order valence-corrected chi connectivity index (χ4v) is 1.98. The summed E-state index contributed by atoms with van der Waals surface area (Å²) in [6, 6.07) is 3.62. The summed E-state index contributed by atoms with van der Waals surface area (Å²) in [5.74, 6) is 0. The molecule has 3 heterocycles. The molecule has 0 amide bonds. The first-order valence-electron chi connectivity index (χ1n) is 6.01. The van der Waals surface area contributed by atoms with Crippen molar-refractivity contribution < 1.29 is 0 Å². The summed E-state index contributed by atoms with van der Waals surface area (Å²) in [7, 11) is 0. The Balaban J connectivity index is 2.25. The van der Waals surface area contributed by atoms with E-state index in [1.54, 1.807) is 27.5 Å². The third-order valence-electron chi connectivity index (χ3n) is 2.97. The second-order valence-corrected chi connectivity index (χ2v) is 4.20. The Morgan fingerprint density at radius 2 is 2.17 bits per heavy atom. The van der Waals surface area contributed by atoms with E-state index in [1.807, 2.05) is 6.07 Å². The molecular weight excluding hydrogens is 230 g/mol. The molecule has 0 unspecified atom stereocenters. The van der Waals surface area contributed by atoms with Crippen molar-refractivity contribution in [3.63, 3.8) is 0 Å². The predicted octanol–water partition coefficient (Wildman–Crippen LogP) is 1.24. The van der Waals surface area contributed by atoms with Gasteiger partial charge in [-0.25, -0.2) is 4.52 Å². The minimum atomic E-state index is -0.106. The molecule has 0 aliphatic carbocycles. The quantitative estimate of drug-likeness (QED) is 0.694. The number of aryl methyl sites for hydroxylation is 1. The van der Waals surface area contributed by atoms with Gasteiger partial charge in [-0.15, -0.1) is 10.2 Å². The van der Waals surface area contributed by atoms with E-state index in [4.69, 9.17) is 0 Å². The summed E-state index contributed by atoms with van der Waals surface area (Å²) in [5, 5.41) is 12.1. The van der Waals surface area contributed by atoms with Gasteiger partial charge in [-0.2, -0.15) is 5.10 Å². The van der Waals surface area contributed by atoms with Gasteiger partial charge < -0.3 is 4.57 Å². The molecule has 0 saturated heterocycles. The highest BCUT2D eigenvalue weighted by molar-refractivity contribution is 5.74. The maximum absolute atomic E-state index is 12.2. The van der Waals surface area contributed by atoms with Gasteiger partial charge in [0.1, 0.15) is 5.52 Å². The molecule has 0 saturated carbocycles. The van der Waals surface area contributed by atoms with Crippen LogP contribution in [-0.2, 0) is 6.54 Å². The molecule has 6 nitrogen and oxygen atoms in total. The van der Waals surface area contributed by atoms with Gasteiger partial charge in [-0.3, -0.25) is 4.79 Å². The summed E-state index contributed by atoms with van der Waals surface area (Å²) >= 11 is 0. The molecule has 0 N–H and O–H groups in total. The van der Waals surface area contributed by atoms with Gasteiger partial charge in [-0.1, -0.05) is 13.3 Å². The van der Waals surface area contributed by atoms with E-state index >= 15 is 0 Å². The Kier molecular flexibility index (Phi) is 2.55. The number of hydrogen-bond donors (Lipinski definition) is 0. The van der Waals surface area contributed by atoms with E-state index in [1.165, 1.54) is 0 Å². The van der Waals surface area contributed by atoms with Crippen LogP contribution in [0.15, 0.2) is 29.3 Å². The number of nitrogens with zero attached hydrogens (tertiary/aromatic N) is 5. The first-order valence-corrected chi connectivity index (χ1v) is 6.01. The van der Waals surface area contributed by atoms with E-state index in [9.17, 15) is 4.79 Å². The summed E-state index contributed by atoms with van der Waals surface area (Å²) in [6.07, 6.45) is 5.46. The van der Waals surface area contributed by atoms with Crippen LogP contribution < -0.4 is 5.56 Å². The second-order valence-electron chi connectivity index (χ2n) is 4.20. The van der Waals surface area contributed by atoms with Crippen LogP contribution in [-0.4, -0.2) is 24.4 Å². The van der Waals surface area contributed by atoms with Crippen LogP contribution >= 0.6 is 0 Å². The average molecular weight is 243 g/mol. The zero-order chi connectivity index (χ0) is 12.5. The normalized spacial score (nSPS) is 11.4. The molecule has 0 atom stereocenters. The van der Waals surface area contributed by atoms with Crippen LogP contribution in [0.5, 0.6) is 0 Å². The largest absolute Gasteiger partial charge is 0.313 e. The van der Waals surface area contributed by atoms with E-state index in [-0.39, 0.29) is 5.56 Å². The molecule has 3 aromatic heterocycles. The molecule has 92 valence electrons. The lowest BCUT2D eigenvalue weighted by Crippen LogP contribution is -2.21. The first kappa shape index (κ1) is 10.9. The first-order chi connectivity index (χ1) is 8.81. The second kappa shape index (κ2) is 4.21. The van der Waals surface area contributed by atoms with Crippen LogP contribution in [0.1, 0.15) is 19.8 Å². The maximum atomic E-state index is 12.2. The molecular formula is C12H13N5O. The van der Waals surface area contributed by atoms with Gasteiger partial charge in [0.05, 0.1) is 6.20 Å². The van der Waals surface area contributed by atoms with Crippen molar-refractivity contribution in [2.45, 2.75) is 26.3 Å². The molecule has 0 aromatic carbocycles. The van der Waals surface area contributed by atoms with Crippen molar-refractivity contribution in [2.75, 3.05) is 0 Å². The number of rotatable bonds is 3. The van der Waals surface area contributed by atoms with Gasteiger partial charge in [0.25, 0.3) is 5.56 Å². The van der Waals surface area contributed by atoms with Crippen molar-refractivity contribution in [3.05, 3.63) is 34.9 Å². The summed E-state index contributed by atoms with van der Waals surface area (Å²) < 4.78 is 3.31. The van der Waals surface area contributed by atoms with Crippen LogP contribution in [0, 0.1) is 0 Å². The fourth-order valence-electron chi connectivity index (χ4n) is 1.98. The molecule has 18 heavy (non-hydrogen) atoms. The zero-order valence-corrected chi connectivity index (χ0v) is 10.1. The van der Waals surface area contributed by atoms with Gasteiger partial charge in [0.15, 0.2) is 11.2 Å². The van der Waals surface area contributed by atoms with Crippen molar-refractivity contribution in [1.82, 2.24) is 24.4 Å². The Bertz CT molecular complexity index is 758. The topological polar surface area (TPSA) is 65.1 Å². The van der Waals surface area contributed by atoms with Gasteiger partial charge in [-0.05, 0) is 12.5 Å². The van der Waals surface area contributed by atoms with Gasteiger partial charge in [0.2, 0.25) is 0 Å². The lowest BCUT2D eigenvalue weighted by atomic mass is 10.3. The van der Waals surface area contributed by atoms with E-state index in [0.29, 0.717) is 23.2 Å². The standard InChI is InChI=1S/C12H13N5O/c1-2-3-7-16-8-5-9-11(12(16)18)15-14-10-4-6-13-17(9)10/h4-6,8H,2-3,7H2,1H3. The minimum absolute atomic E-state index is 0.106.